The Balaban J connectivity index is 2.22. The fourth-order valence-electron chi connectivity index (χ4n) is 2.84. The first-order valence-electron chi connectivity index (χ1n) is 8.41. The summed E-state index contributed by atoms with van der Waals surface area (Å²) in [5.74, 6) is -1.65. The highest BCUT2D eigenvalue weighted by Gasteiger charge is 2.23. The number of fused-ring (bicyclic) bond motifs is 3. The van der Waals surface area contributed by atoms with Gasteiger partial charge in [0, 0.05) is 17.3 Å². The van der Waals surface area contributed by atoms with Crippen molar-refractivity contribution in [3.63, 3.8) is 0 Å². The molecule has 150 valence electrons. The highest BCUT2D eigenvalue weighted by molar-refractivity contribution is 7.89. The number of carboxylic acids is 1. The molecule has 10 heteroatoms. The average Bonchev–Trinajstić information content (AvgIpc) is 3.00. The number of halogens is 2. The number of furan rings is 1. The Morgan fingerprint density at radius 3 is 2.68 bits per heavy atom. The van der Waals surface area contributed by atoms with Gasteiger partial charge in [-0.1, -0.05) is 13.3 Å². The summed E-state index contributed by atoms with van der Waals surface area (Å²) in [5.41, 5.74) is -0.261. The van der Waals surface area contributed by atoms with E-state index in [1.807, 2.05) is 6.92 Å². The van der Waals surface area contributed by atoms with Gasteiger partial charge in [0.1, 0.15) is 5.58 Å². The number of benzene rings is 2. The SMILES string of the molecule is CCCCNS(=O)(=O)c1ccc2oc3c(OC(F)F)ccc(C(=O)O)c3c2c1. The zero-order chi connectivity index (χ0) is 20.5. The molecule has 0 bridgehead atoms. The molecule has 3 rings (SSSR count). The van der Waals surface area contributed by atoms with E-state index in [-0.39, 0.29) is 44.7 Å². The van der Waals surface area contributed by atoms with Gasteiger partial charge in [0.15, 0.2) is 11.3 Å². The maximum Gasteiger partial charge on any atom is 0.387 e. The van der Waals surface area contributed by atoms with Gasteiger partial charge in [0.2, 0.25) is 10.0 Å². The largest absolute Gasteiger partial charge is 0.478 e. The number of hydrogen-bond acceptors (Lipinski definition) is 5. The number of hydrogen-bond donors (Lipinski definition) is 2. The van der Waals surface area contributed by atoms with E-state index in [0.717, 1.165) is 18.6 Å². The van der Waals surface area contributed by atoms with Crippen LogP contribution in [0.15, 0.2) is 39.6 Å². The van der Waals surface area contributed by atoms with Crippen LogP contribution in [-0.2, 0) is 10.0 Å². The Bertz CT molecular complexity index is 1140. The van der Waals surface area contributed by atoms with Crippen LogP contribution < -0.4 is 9.46 Å². The van der Waals surface area contributed by atoms with Gasteiger partial charge in [0.25, 0.3) is 0 Å². The number of carboxylic acid groups (broad SMARTS) is 1. The fraction of sp³-hybridized carbons (Fsp3) is 0.278. The summed E-state index contributed by atoms with van der Waals surface area (Å²) in [6, 6.07) is 6.09. The van der Waals surface area contributed by atoms with Crippen LogP contribution >= 0.6 is 0 Å². The van der Waals surface area contributed by atoms with Crippen molar-refractivity contribution < 1.29 is 36.3 Å². The van der Waals surface area contributed by atoms with E-state index >= 15 is 0 Å². The maximum atomic E-state index is 12.7. The Morgan fingerprint density at radius 2 is 2.04 bits per heavy atom. The highest BCUT2D eigenvalue weighted by Crippen LogP contribution is 2.38. The molecule has 0 spiro atoms. The summed E-state index contributed by atoms with van der Waals surface area (Å²) < 4.78 is 62.6. The molecule has 0 radical (unpaired) electrons. The molecule has 0 saturated carbocycles. The van der Waals surface area contributed by atoms with Gasteiger partial charge in [-0.15, -0.1) is 0 Å². The zero-order valence-corrected chi connectivity index (χ0v) is 15.6. The second-order valence-corrected chi connectivity index (χ2v) is 7.78. The number of carbonyl (C=O) groups is 1. The average molecular weight is 413 g/mol. The van der Waals surface area contributed by atoms with E-state index in [1.54, 1.807) is 0 Å². The predicted molar refractivity (Wildman–Crippen MR) is 97.4 cm³/mol. The number of nitrogens with one attached hydrogen (secondary N) is 1. The van der Waals surface area contributed by atoms with E-state index in [9.17, 15) is 27.1 Å². The summed E-state index contributed by atoms with van der Waals surface area (Å²) in [4.78, 5) is 11.5. The van der Waals surface area contributed by atoms with E-state index in [1.165, 1.54) is 18.2 Å². The van der Waals surface area contributed by atoms with Crippen molar-refractivity contribution in [2.45, 2.75) is 31.3 Å². The lowest BCUT2D eigenvalue weighted by molar-refractivity contribution is -0.0493. The molecule has 0 atom stereocenters. The third-order valence-electron chi connectivity index (χ3n) is 4.13. The number of aromatic carboxylic acids is 1. The minimum Gasteiger partial charge on any atom is -0.478 e. The first-order valence-corrected chi connectivity index (χ1v) is 9.90. The van der Waals surface area contributed by atoms with Crippen molar-refractivity contribution in [2.75, 3.05) is 6.54 Å². The number of ether oxygens (including phenoxy) is 1. The first-order chi connectivity index (χ1) is 13.2. The van der Waals surface area contributed by atoms with Crippen molar-refractivity contribution >= 4 is 37.9 Å². The summed E-state index contributed by atoms with van der Waals surface area (Å²) in [5, 5.41) is 9.61. The summed E-state index contributed by atoms with van der Waals surface area (Å²) in [6.45, 7) is -0.953. The van der Waals surface area contributed by atoms with Crippen LogP contribution in [0.1, 0.15) is 30.1 Å². The zero-order valence-electron chi connectivity index (χ0n) is 14.7. The Labute approximate surface area is 158 Å². The topological polar surface area (TPSA) is 106 Å². The van der Waals surface area contributed by atoms with Gasteiger partial charge < -0.3 is 14.3 Å². The fourth-order valence-corrected chi connectivity index (χ4v) is 3.94. The van der Waals surface area contributed by atoms with Crippen molar-refractivity contribution in [3.05, 3.63) is 35.9 Å². The molecule has 2 N–H and O–H groups in total. The van der Waals surface area contributed by atoms with E-state index in [4.69, 9.17) is 4.42 Å². The van der Waals surface area contributed by atoms with Crippen LogP contribution in [0.25, 0.3) is 21.9 Å². The third kappa shape index (κ3) is 3.78. The lowest BCUT2D eigenvalue weighted by Crippen LogP contribution is -2.24. The van der Waals surface area contributed by atoms with Crippen molar-refractivity contribution in [1.29, 1.82) is 0 Å². The van der Waals surface area contributed by atoms with Crippen molar-refractivity contribution in [3.8, 4) is 5.75 Å². The second-order valence-electron chi connectivity index (χ2n) is 6.01. The third-order valence-corrected chi connectivity index (χ3v) is 5.59. The van der Waals surface area contributed by atoms with Crippen LogP contribution in [0.3, 0.4) is 0 Å². The number of rotatable bonds is 8. The smallest absolute Gasteiger partial charge is 0.387 e. The molecule has 7 nitrogen and oxygen atoms in total. The second kappa shape index (κ2) is 7.72. The molecule has 0 aliphatic carbocycles. The molecule has 0 aliphatic heterocycles. The number of unbranched alkanes of at least 4 members (excludes halogenated alkanes) is 1. The Hall–Kier alpha value is -2.72. The van der Waals surface area contributed by atoms with Gasteiger partial charge in [-0.2, -0.15) is 8.78 Å². The van der Waals surface area contributed by atoms with Crippen LogP contribution in [0.5, 0.6) is 5.75 Å². The normalized spacial score (nSPS) is 12.1. The van der Waals surface area contributed by atoms with Gasteiger partial charge in [-0.25, -0.2) is 17.9 Å². The molecule has 0 unspecified atom stereocenters. The summed E-state index contributed by atoms with van der Waals surface area (Å²) in [6.07, 6.45) is 1.47. The lowest BCUT2D eigenvalue weighted by Gasteiger charge is -2.07. The molecule has 0 aliphatic rings. The summed E-state index contributed by atoms with van der Waals surface area (Å²) in [7, 11) is -3.82. The summed E-state index contributed by atoms with van der Waals surface area (Å²) >= 11 is 0. The van der Waals surface area contributed by atoms with Crippen LogP contribution in [0.2, 0.25) is 0 Å². The number of alkyl halides is 2. The minimum atomic E-state index is -3.82. The number of sulfonamides is 1. The van der Waals surface area contributed by atoms with E-state index < -0.39 is 22.6 Å². The molecule has 28 heavy (non-hydrogen) atoms. The minimum absolute atomic E-state index is 0.00809. The van der Waals surface area contributed by atoms with Gasteiger partial charge in [0.05, 0.1) is 10.5 Å². The standard InChI is InChI=1S/C18H17F2NO6S/c1-2-3-8-21-28(24,25)10-4-6-13-12(9-10)15-11(17(22)23)5-7-14(16(15)26-13)27-18(19)20/h4-7,9,18,21H,2-3,8H2,1H3,(H,22,23). The molecule has 0 saturated heterocycles. The molecular weight excluding hydrogens is 396 g/mol. The molecule has 3 aromatic rings. The van der Waals surface area contributed by atoms with Crippen LogP contribution in [0.4, 0.5) is 8.78 Å². The molecule has 0 fully saturated rings. The molecule has 0 amide bonds. The Morgan fingerprint density at radius 1 is 1.29 bits per heavy atom. The van der Waals surface area contributed by atoms with Gasteiger partial charge in [-0.05, 0) is 36.8 Å². The quantitative estimate of drug-likeness (QED) is 0.542. The van der Waals surface area contributed by atoms with Crippen molar-refractivity contribution in [2.24, 2.45) is 0 Å². The molecular formula is C18H17F2NO6S. The van der Waals surface area contributed by atoms with E-state index in [0.29, 0.717) is 6.42 Å². The lowest BCUT2D eigenvalue weighted by atomic mass is 10.1. The van der Waals surface area contributed by atoms with E-state index in [2.05, 4.69) is 9.46 Å². The Kier molecular flexibility index (Phi) is 5.52. The maximum absolute atomic E-state index is 12.7. The van der Waals surface area contributed by atoms with Gasteiger partial charge >= 0.3 is 12.6 Å². The predicted octanol–water partition coefficient (Wildman–Crippen LogP) is 3.96. The molecule has 2 aromatic carbocycles. The molecule has 1 aromatic heterocycles. The van der Waals surface area contributed by atoms with Crippen LogP contribution in [0, 0.1) is 0 Å². The first kappa shape index (κ1) is 20.0. The molecule has 1 heterocycles. The monoisotopic (exact) mass is 413 g/mol. The van der Waals surface area contributed by atoms with Gasteiger partial charge in [-0.3, -0.25) is 0 Å². The van der Waals surface area contributed by atoms with Crippen molar-refractivity contribution in [1.82, 2.24) is 4.72 Å². The highest BCUT2D eigenvalue weighted by atomic mass is 32.2. The van der Waals surface area contributed by atoms with Crippen LogP contribution in [-0.4, -0.2) is 32.6 Å².